The number of amidine groups is 2. The highest BCUT2D eigenvalue weighted by atomic mass is 127. The first kappa shape index (κ1) is 16.2. The predicted molar refractivity (Wildman–Crippen MR) is 89.5 cm³/mol. The zero-order chi connectivity index (χ0) is 14.8. The summed E-state index contributed by atoms with van der Waals surface area (Å²) in [4.78, 5) is 23.2. The van der Waals surface area contributed by atoms with E-state index in [0.717, 1.165) is 11.8 Å². The molecule has 0 N–H and O–H groups in total. The fourth-order valence-electron chi connectivity index (χ4n) is 1.20. The van der Waals surface area contributed by atoms with Crippen molar-refractivity contribution >= 4 is 44.5 Å². The lowest BCUT2D eigenvalue weighted by Gasteiger charge is -2.00. The molecule has 0 aliphatic carbocycles. The largest absolute Gasteiger partial charge is 0.457 e. The molecule has 0 aliphatic rings. The molecule has 5 nitrogen and oxygen atoms in total. The van der Waals surface area contributed by atoms with Gasteiger partial charge in [0.2, 0.25) is 0 Å². The first-order valence-electron chi connectivity index (χ1n) is 5.76. The van der Waals surface area contributed by atoms with E-state index in [1.54, 1.807) is 6.92 Å². The van der Waals surface area contributed by atoms with E-state index < -0.39 is 5.97 Å². The summed E-state index contributed by atoms with van der Waals surface area (Å²) in [6.45, 7) is 5.39. The fraction of sp³-hybridized carbons (Fsp3) is 0.143. The highest BCUT2D eigenvalue weighted by Crippen LogP contribution is 2.00. The minimum absolute atomic E-state index is 0.219. The Bertz CT molecular complexity index is 551. The normalized spacial score (nSPS) is 12.5. The third kappa shape index (κ3) is 6.93. The zero-order valence-corrected chi connectivity index (χ0v) is 13.1. The number of rotatable bonds is 4. The van der Waals surface area contributed by atoms with Crippen LogP contribution < -0.4 is 0 Å². The Hall–Kier alpha value is -1.83. The smallest absolute Gasteiger partial charge is 0.349 e. The Kier molecular flexibility index (Phi) is 7.41. The summed E-state index contributed by atoms with van der Waals surface area (Å²) in [7, 11) is 0. The molecule has 6 heteroatoms. The van der Waals surface area contributed by atoms with Gasteiger partial charge in [0.05, 0.1) is 0 Å². The Morgan fingerprint density at radius 2 is 2.10 bits per heavy atom. The second-order valence-corrected chi connectivity index (χ2v) is 4.56. The van der Waals surface area contributed by atoms with Crippen molar-refractivity contribution in [1.82, 2.24) is 0 Å². The van der Waals surface area contributed by atoms with Crippen LogP contribution in [0.2, 0.25) is 0 Å². The second-order valence-electron chi connectivity index (χ2n) is 3.59. The molecular weight excluding hydrogens is 369 g/mol. The molecule has 0 bridgehead atoms. The number of hydrogen-bond acceptors (Lipinski definition) is 3. The van der Waals surface area contributed by atoms with Gasteiger partial charge < -0.3 is 4.74 Å². The summed E-state index contributed by atoms with van der Waals surface area (Å²) >= 11 is 1.90. The second kappa shape index (κ2) is 9.13. The molecule has 0 atom stereocenters. The van der Waals surface area contributed by atoms with Gasteiger partial charge in [0.15, 0.2) is 3.84 Å². The average Bonchev–Trinajstić information content (AvgIpc) is 2.44. The van der Waals surface area contributed by atoms with Crippen molar-refractivity contribution in [2.45, 2.75) is 13.5 Å². The van der Waals surface area contributed by atoms with Gasteiger partial charge in [-0.3, -0.25) is 0 Å². The highest BCUT2D eigenvalue weighted by Gasteiger charge is 1.99. The Balaban J connectivity index is 2.47. The number of benzene rings is 1. The maximum absolute atomic E-state index is 11.5. The quantitative estimate of drug-likeness (QED) is 0.264. The Labute approximate surface area is 131 Å². The molecule has 0 aliphatic heterocycles. The van der Waals surface area contributed by atoms with Gasteiger partial charge >= 0.3 is 5.97 Å². The SMILES string of the molecule is C=CN=C(C)N=C(I)N=CC(=O)OCc1ccccc1. The van der Waals surface area contributed by atoms with Crippen LogP contribution >= 0.6 is 22.6 Å². The van der Waals surface area contributed by atoms with Crippen molar-refractivity contribution in [3.05, 3.63) is 48.7 Å². The molecule has 104 valence electrons. The van der Waals surface area contributed by atoms with E-state index in [0.29, 0.717) is 9.68 Å². The van der Waals surface area contributed by atoms with Gasteiger partial charge in [-0.2, -0.15) is 0 Å². The van der Waals surface area contributed by atoms with Crippen LogP contribution in [0.15, 0.2) is 58.1 Å². The van der Waals surface area contributed by atoms with Crippen LogP contribution in [0.25, 0.3) is 0 Å². The number of ether oxygens (including phenoxy) is 1. The summed E-state index contributed by atoms with van der Waals surface area (Å²) in [6, 6.07) is 9.43. The topological polar surface area (TPSA) is 63.4 Å². The van der Waals surface area contributed by atoms with E-state index >= 15 is 0 Å². The molecule has 0 saturated carbocycles. The highest BCUT2D eigenvalue weighted by molar-refractivity contribution is 14.1. The molecule has 0 unspecified atom stereocenters. The van der Waals surface area contributed by atoms with Crippen LogP contribution in [-0.2, 0) is 16.1 Å². The molecule has 0 aromatic heterocycles. The van der Waals surface area contributed by atoms with Crippen molar-refractivity contribution < 1.29 is 9.53 Å². The number of esters is 1. The molecule has 1 rings (SSSR count). The van der Waals surface area contributed by atoms with E-state index in [1.165, 1.54) is 6.20 Å². The number of halogens is 1. The fourth-order valence-corrected chi connectivity index (χ4v) is 1.68. The van der Waals surface area contributed by atoms with Crippen molar-refractivity contribution in [2.24, 2.45) is 15.0 Å². The van der Waals surface area contributed by atoms with Gasteiger partial charge in [-0.25, -0.2) is 19.8 Å². The third-order valence-corrected chi connectivity index (χ3v) is 2.55. The maximum Gasteiger partial charge on any atom is 0.349 e. The molecule has 0 amide bonds. The Morgan fingerprint density at radius 3 is 2.75 bits per heavy atom. The summed E-state index contributed by atoms with van der Waals surface area (Å²) < 4.78 is 5.43. The van der Waals surface area contributed by atoms with Crippen LogP contribution in [0.3, 0.4) is 0 Å². The molecule has 0 heterocycles. The molecule has 1 aromatic carbocycles. The molecule has 20 heavy (non-hydrogen) atoms. The molecular formula is C14H14IN3O2. The van der Waals surface area contributed by atoms with Gasteiger partial charge in [-0.05, 0) is 12.5 Å². The molecule has 1 aromatic rings. The Morgan fingerprint density at radius 1 is 1.40 bits per heavy atom. The van der Waals surface area contributed by atoms with E-state index in [-0.39, 0.29) is 6.61 Å². The zero-order valence-electron chi connectivity index (χ0n) is 11.0. The van der Waals surface area contributed by atoms with Gasteiger partial charge in [0, 0.05) is 28.8 Å². The van der Waals surface area contributed by atoms with E-state index in [9.17, 15) is 4.79 Å². The number of nitrogens with zero attached hydrogens (tertiary/aromatic N) is 3. The molecule has 0 fully saturated rings. The maximum atomic E-state index is 11.5. The number of aliphatic imine (C=N–C) groups is 3. The van der Waals surface area contributed by atoms with Crippen LogP contribution in [0.1, 0.15) is 12.5 Å². The summed E-state index contributed by atoms with van der Waals surface area (Å²) in [5.74, 6) is -0.00395. The molecule has 0 radical (unpaired) electrons. The van der Waals surface area contributed by atoms with Gasteiger partial charge in [0.25, 0.3) is 0 Å². The van der Waals surface area contributed by atoms with E-state index in [1.807, 2.05) is 52.9 Å². The van der Waals surface area contributed by atoms with Gasteiger partial charge in [-0.15, -0.1) is 0 Å². The summed E-state index contributed by atoms with van der Waals surface area (Å²) in [5, 5.41) is 0. The van der Waals surface area contributed by atoms with Crippen LogP contribution in [-0.4, -0.2) is 21.9 Å². The third-order valence-electron chi connectivity index (χ3n) is 2.03. The van der Waals surface area contributed by atoms with Crippen LogP contribution in [0.5, 0.6) is 0 Å². The van der Waals surface area contributed by atoms with Crippen LogP contribution in [0, 0.1) is 0 Å². The van der Waals surface area contributed by atoms with Crippen LogP contribution in [0.4, 0.5) is 0 Å². The predicted octanol–water partition coefficient (Wildman–Crippen LogP) is 3.15. The number of carbonyl (C=O) groups is 1. The molecule has 0 saturated heterocycles. The first-order chi connectivity index (χ1) is 9.61. The van der Waals surface area contributed by atoms with E-state index in [2.05, 4.69) is 21.6 Å². The standard InChI is InChI=1S/C14H14IN3O2/c1-3-16-11(2)18-14(15)17-9-13(19)20-10-12-7-5-4-6-8-12/h3-9H,1,10H2,2H3. The number of hydrogen-bond donors (Lipinski definition) is 0. The van der Waals surface area contributed by atoms with Gasteiger partial charge in [-0.1, -0.05) is 36.9 Å². The lowest BCUT2D eigenvalue weighted by molar-refractivity contribution is -0.136. The number of carbonyl (C=O) groups excluding carboxylic acids is 1. The summed E-state index contributed by atoms with van der Waals surface area (Å²) in [6.07, 6.45) is 2.48. The minimum atomic E-state index is -0.517. The van der Waals surface area contributed by atoms with Crippen molar-refractivity contribution in [2.75, 3.05) is 0 Å². The lowest BCUT2D eigenvalue weighted by atomic mass is 10.2. The minimum Gasteiger partial charge on any atom is -0.457 e. The summed E-state index contributed by atoms with van der Waals surface area (Å²) in [5.41, 5.74) is 0.923. The average molecular weight is 383 g/mol. The lowest BCUT2D eigenvalue weighted by Crippen LogP contribution is -2.06. The van der Waals surface area contributed by atoms with E-state index in [4.69, 9.17) is 4.74 Å². The first-order valence-corrected chi connectivity index (χ1v) is 6.84. The van der Waals surface area contributed by atoms with Crippen molar-refractivity contribution in [3.63, 3.8) is 0 Å². The van der Waals surface area contributed by atoms with Crippen molar-refractivity contribution in [3.8, 4) is 0 Å². The monoisotopic (exact) mass is 383 g/mol. The van der Waals surface area contributed by atoms with Gasteiger partial charge in [0.1, 0.15) is 18.7 Å². The van der Waals surface area contributed by atoms with Crippen molar-refractivity contribution in [1.29, 1.82) is 0 Å². The molecule has 0 spiro atoms.